The Morgan fingerprint density at radius 1 is 0.952 bits per heavy atom. The summed E-state index contributed by atoms with van der Waals surface area (Å²) in [5, 5.41) is 3.38. The van der Waals surface area contributed by atoms with Gasteiger partial charge in [-0.1, -0.05) is 12.1 Å². The van der Waals surface area contributed by atoms with Crippen molar-refractivity contribution < 1.29 is 4.74 Å². The molecule has 0 bridgehead atoms. The summed E-state index contributed by atoms with van der Waals surface area (Å²) in [6.07, 6.45) is 3.57. The molecule has 1 fully saturated rings. The molecule has 0 radical (unpaired) electrons. The molecule has 3 rings (SSSR count). The number of nitrogens with one attached hydrogen (secondary N) is 1. The molecule has 0 unspecified atom stereocenters. The Balaban J connectivity index is 1.51. The van der Waals surface area contributed by atoms with Gasteiger partial charge in [0.1, 0.15) is 12.4 Å². The highest BCUT2D eigenvalue weighted by atomic mass is 16.5. The van der Waals surface area contributed by atoms with Crippen molar-refractivity contribution in [2.75, 3.05) is 26.2 Å². The molecule has 1 aliphatic rings. The molecule has 4 nitrogen and oxygen atoms in total. The minimum Gasteiger partial charge on any atom is -0.489 e. The van der Waals surface area contributed by atoms with Crippen LogP contribution >= 0.6 is 0 Å². The zero-order chi connectivity index (χ0) is 14.3. The fraction of sp³-hybridized carbons (Fsp3) is 0.353. The maximum Gasteiger partial charge on any atom is 0.119 e. The zero-order valence-electron chi connectivity index (χ0n) is 12.2. The number of aromatic nitrogens is 1. The molecule has 0 spiro atoms. The highest BCUT2D eigenvalue weighted by molar-refractivity contribution is 5.27. The molecule has 1 saturated heterocycles. The first kappa shape index (κ1) is 14.0. The lowest BCUT2D eigenvalue weighted by Crippen LogP contribution is -2.42. The molecule has 0 atom stereocenters. The van der Waals surface area contributed by atoms with Crippen molar-refractivity contribution >= 4 is 0 Å². The van der Waals surface area contributed by atoms with E-state index < -0.39 is 0 Å². The highest BCUT2D eigenvalue weighted by Gasteiger charge is 2.09. The average molecular weight is 283 g/mol. The predicted octanol–water partition coefficient (Wildman–Crippen LogP) is 2.07. The third-order valence-electron chi connectivity index (χ3n) is 3.69. The Morgan fingerprint density at radius 3 is 2.38 bits per heavy atom. The van der Waals surface area contributed by atoms with Crippen LogP contribution < -0.4 is 10.1 Å². The molecule has 1 aliphatic heterocycles. The van der Waals surface area contributed by atoms with Gasteiger partial charge in [0, 0.05) is 45.1 Å². The third-order valence-corrected chi connectivity index (χ3v) is 3.69. The van der Waals surface area contributed by atoms with Gasteiger partial charge in [-0.25, -0.2) is 0 Å². The van der Waals surface area contributed by atoms with Gasteiger partial charge in [0.05, 0.1) is 0 Å². The van der Waals surface area contributed by atoms with Gasteiger partial charge in [0.15, 0.2) is 0 Å². The normalized spacial score (nSPS) is 15.8. The molecule has 1 N–H and O–H groups in total. The van der Waals surface area contributed by atoms with E-state index in [0.717, 1.165) is 44.0 Å². The van der Waals surface area contributed by atoms with Gasteiger partial charge in [-0.05, 0) is 35.4 Å². The van der Waals surface area contributed by atoms with Gasteiger partial charge in [-0.15, -0.1) is 0 Å². The first-order valence-electron chi connectivity index (χ1n) is 7.44. The van der Waals surface area contributed by atoms with E-state index in [-0.39, 0.29) is 0 Å². The van der Waals surface area contributed by atoms with Crippen LogP contribution in [0.5, 0.6) is 5.75 Å². The fourth-order valence-electron chi connectivity index (χ4n) is 2.46. The molecular formula is C17H21N3O. The maximum atomic E-state index is 5.79. The minimum atomic E-state index is 0.583. The predicted molar refractivity (Wildman–Crippen MR) is 83.2 cm³/mol. The Bertz CT molecular complexity index is 536. The van der Waals surface area contributed by atoms with E-state index in [9.17, 15) is 0 Å². The molecule has 4 heteroatoms. The maximum absolute atomic E-state index is 5.79. The number of rotatable bonds is 5. The largest absolute Gasteiger partial charge is 0.489 e. The van der Waals surface area contributed by atoms with Gasteiger partial charge in [-0.2, -0.15) is 0 Å². The number of hydrogen-bond donors (Lipinski definition) is 1. The first-order chi connectivity index (χ1) is 10.4. The van der Waals surface area contributed by atoms with Crippen molar-refractivity contribution in [2.45, 2.75) is 13.2 Å². The molecule has 110 valence electrons. The first-order valence-corrected chi connectivity index (χ1v) is 7.44. The number of nitrogens with zero attached hydrogens (tertiary/aromatic N) is 2. The standard InChI is InChI=1S/C17H21N3O/c1-3-17(21-14-16-5-7-18-8-6-16)4-2-15(1)13-20-11-9-19-10-12-20/h1-8,19H,9-14H2. The van der Waals surface area contributed by atoms with Crippen LogP contribution in [0.1, 0.15) is 11.1 Å². The molecule has 0 aliphatic carbocycles. The van der Waals surface area contributed by atoms with E-state index in [2.05, 4.69) is 39.5 Å². The summed E-state index contributed by atoms with van der Waals surface area (Å²) < 4.78 is 5.79. The fourth-order valence-corrected chi connectivity index (χ4v) is 2.46. The number of ether oxygens (including phenoxy) is 1. The second-order valence-electron chi connectivity index (χ2n) is 5.31. The van der Waals surface area contributed by atoms with Crippen LogP contribution in [0, 0.1) is 0 Å². The summed E-state index contributed by atoms with van der Waals surface area (Å²) in [5.41, 5.74) is 2.48. The molecule has 0 amide bonds. The number of hydrogen-bond acceptors (Lipinski definition) is 4. The molecule has 2 aromatic rings. The van der Waals surface area contributed by atoms with Crippen molar-refractivity contribution in [2.24, 2.45) is 0 Å². The summed E-state index contributed by atoms with van der Waals surface area (Å²) in [6, 6.07) is 12.4. The Labute approximate surface area is 125 Å². The highest BCUT2D eigenvalue weighted by Crippen LogP contribution is 2.15. The summed E-state index contributed by atoms with van der Waals surface area (Å²) in [6.45, 7) is 6.03. The molecule has 0 saturated carbocycles. The van der Waals surface area contributed by atoms with Crippen LogP contribution in [-0.4, -0.2) is 36.1 Å². The molecular weight excluding hydrogens is 262 g/mol. The van der Waals surface area contributed by atoms with Gasteiger partial charge in [-0.3, -0.25) is 9.88 Å². The van der Waals surface area contributed by atoms with Crippen molar-refractivity contribution in [3.63, 3.8) is 0 Å². The van der Waals surface area contributed by atoms with Crippen molar-refractivity contribution in [3.05, 3.63) is 59.9 Å². The van der Waals surface area contributed by atoms with E-state index in [1.165, 1.54) is 5.56 Å². The molecule has 21 heavy (non-hydrogen) atoms. The van der Waals surface area contributed by atoms with Crippen LogP contribution in [0.2, 0.25) is 0 Å². The van der Waals surface area contributed by atoms with Gasteiger partial charge in [0.25, 0.3) is 0 Å². The molecule has 1 aromatic heterocycles. The zero-order valence-corrected chi connectivity index (χ0v) is 12.2. The summed E-state index contributed by atoms with van der Waals surface area (Å²) >= 11 is 0. The lowest BCUT2D eigenvalue weighted by Gasteiger charge is -2.27. The van der Waals surface area contributed by atoms with Crippen molar-refractivity contribution in [1.82, 2.24) is 15.2 Å². The van der Waals surface area contributed by atoms with Gasteiger partial charge >= 0.3 is 0 Å². The molecule has 1 aromatic carbocycles. The van der Waals surface area contributed by atoms with Crippen LogP contribution in [-0.2, 0) is 13.2 Å². The topological polar surface area (TPSA) is 37.4 Å². The van der Waals surface area contributed by atoms with E-state index in [4.69, 9.17) is 4.74 Å². The average Bonchev–Trinajstić information content (AvgIpc) is 2.56. The van der Waals surface area contributed by atoms with E-state index in [0.29, 0.717) is 6.61 Å². The van der Waals surface area contributed by atoms with Crippen molar-refractivity contribution in [1.29, 1.82) is 0 Å². The Hall–Kier alpha value is -1.91. The SMILES string of the molecule is c1cc(COc2ccc(CN3CCNCC3)cc2)ccn1. The van der Waals surface area contributed by atoms with Crippen LogP contribution in [0.25, 0.3) is 0 Å². The monoisotopic (exact) mass is 283 g/mol. The van der Waals surface area contributed by atoms with E-state index in [1.807, 2.05) is 12.1 Å². The number of pyridine rings is 1. The van der Waals surface area contributed by atoms with Crippen LogP contribution in [0.3, 0.4) is 0 Å². The number of benzene rings is 1. The summed E-state index contributed by atoms with van der Waals surface area (Å²) in [7, 11) is 0. The second-order valence-corrected chi connectivity index (χ2v) is 5.31. The van der Waals surface area contributed by atoms with E-state index >= 15 is 0 Å². The molecule has 2 heterocycles. The smallest absolute Gasteiger partial charge is 0.119 e. The second kappa shape index (κ2) is 7.20. The summed E-state index contributed by atoms with van der Waals surface area (Å²) in [5.74, 6) is 0.913. The van der Waals surface area contributed by atoms with Gasteiger partial charge in [0.2, 0.25) is 0 Å². The summed E-state index contributed by atoms with van der Waals surface area (Å²) in [4.78, 5) is 6.48. The number of piperazine rings is 1. The van der Waals surface area contributed by atoms with Crippen LogP contribution in [0.15, 0.2) is 48.8 Å². The van der Waals surface area contributed by atoms with Crippen molar-refractivity contribution in [3.8, 4) is 5.75 Å². The third kappa shape index (κ3) is 4.28. The van der Waals surface area contributed by atoms with E-state index in [1.54, 1.807) is 12.4 Å². The lowest BCUT2D eigenvalue weighted by atomic mass is 10.2. The van der Waals surface area contributed by atoms with Crippen LogP contribution in [0.4, 0.5) is 0 Å². The lowest BCUT2D eigenvalue weighted by molar-refractivity contribution is 0.233. The minimum absolute atomic E-state index is 0.583. The quantitative estimate of drug-likeness (QED) is 0.911. The Morgan fingerprint density at radius 2 is 1.67 bits per heavy atom. The van der Waals surface area contributed by atoms with Gasteiger partial charge < -0.3 is 10.1 Å². The Kier molecular flexibility index (Phi) is 4.82.